The van der Waals surface area contributed by atoms with E-state index in [1.165, 1.54) is 12.1 Å². The summed E-state index contributed by atoms with van der Waals surface area (Å²) in [6.45, 7) is 0.0987. The molecule has 3 rings (SSSR count). The molecule has 0 N–H and O–H groups in total. The smallest absolute Gasteiger partial charge is 0.339 e. The maximum Gasteiger partial charge on any atom is 0.339 e. The number of hydrogen-bond donors (Lipinski definition) is 0. The second-order valence-corrected chi connectivity index (χ2v) is 7.75. The van der Waals surface area contributed by atoms with Crippen LogP contribution in [0.2, 0.25) is 0 Å². The minimum Gasteiger partial charge on any atom is -0.462 e. The summed E-state index contributed by atoms with van der Waals surface area (Å²) >= 11 is 0. The number of sulfone groups is 1. The van der Waals surface area contributed by atoms with Crippen molar-refractivity contribution >= 4 is 15.8 Å². The normalized spacial score (nSPS) is 11.3. The lowest BCUT2D eigenvalue weighted by molar-refractivity contribution is 0.0494. The molecule has 27 heavy (non-hydrogen) atoms. The van der Waals surface area contributed by atoms with Crippen LogP contribution in [0.5, 0.6) is 0 Å². The van der Waals surface area contributed by atoms with Crippen LogP contribution >= 0.6 is 0 Å². The number of rotatable bonds is 7. The van der Waals surface area contributed by atoms with E-state index in [0.717, 1.165) is 11.8 Å². The highest BCUT2D eigenvalue weighted by molar-refractivity contribution is 7.90. The first-order valence-corrected chi connectivity index (χ1v) is 10.0. The van der Waals surface area contributed by atoms with E-state index in [9.17, 15) is 13.2 Å². The van der Waals surface area contributed by atoms with Crippen molar-refractivity contribution in [3.05, 3.63) is 60.2 Å². The van der Waals surface area contributed by atoms with Crippen LogP contribution in [0.15, 0.2) is 58.2 Å². The molecule has 0 saturated heterocycles. The van der Waals surface area contributed by atoms with Crippen LogP contribution < -0.4 is 0 Å². The van der Waals surface area contributed by atoms with E-state index in [2.05, 4.69) is 15.1 Å². The molecule has 0 aliphatic rings. The number of aryl methyl sites for hydroxylation is 1. The second-order valence-electron chi connectivity index (χ2n) is 5.76. The first kappa shape index (κ1) is 18.7. The highest BCUT2D eigenvalue weighted by Gasteiger charge is 2.19. The third kappa shape index (κ3) is 4.76. The van der Waals surface area contributed by atoms with E-state index in [4.69, 9.17) is 9.26 Å². The second kappa shape index (κ2) is 8.09. The number of carbonyl (C=O) groups is 1. The van der Waals surface area contributed by atoms with E-state index in [0.29, 0.717) is 24.6 Å². The molecule has 0 fully saturated rings. The Kier molecular flexibility index (Phi) is 5.60. The summed E-state index contributed by atoms with van der Waals surface area (Å²) in [6.07, 6.45) is 5.22. The molecule has 0 atom stereocenters. The molecule has 0 radical (unpaired) electrons. The molecule has 2 heterocycles. The molecule has 2 aromatic heterocycles. The predicted molar refractivity (Wildman–Crippen MR) is 95.7 cm³/mol. The number of carbonyl (C=O) groups excluding carboxylic acids is 1. The van der Waals surface area contributed by atoms with Crippen molar-refractivity contribution < 1.29 is 22.5 Å². The molecule has 0 bridgehead atoms. The number of hydrogen-bond acceptors (Lipinski definition) is 8. The topological polar surface area (TPSA) is 112 Å². The zero-order chi connectivity index (χ0) is 19.3. The Balaban J connectivity index is 1.54. The van der Waals surface area contributed by atoms with Gasteiger partial charge in [0.1, 0.15) is 0 Å². The summed E-state index contributed by atoms with van der Waals surface area (Å²) in [5.74, 6) is 0.177. The Morgan fingerprint density at radius 1 is 1.19 bits per heavy atom. The molecular formula is C18H17N3O5S. The van der Waals surface area contributed by atoms with Crippen LogP contribution in [0.4, 0.5) is 0 Å². The Hall–Kier alpha value is -3.07. The van der Waals surface area contributed by atoms with Gasteiger partial charge in [0.25, 0.3) is 0 Å². The minimum atomic E-state index is -3.51. The molecule has 9 heteroatoms. The van der Waals surface area contributed by atoms with Crippen LogP contribution in [-0.2, 0) is 21.0 Å². The van der Waals surface area contributed by atoms with E-state index in [1.807, 2.05) is 6.07 Å². The Bertz CT molecular complexity index is 1030. The van der Waals surface area contributed by atoms with E-state index >= 15 is 0 Å². The van der Waals surface area contributed by atoms with E-state index < -0.39 is 15.8 Å². The third-order valence-corrected chi connectivity index (χ3v) is 4.82. The SMILES string of the molecule is CS(=O)(=O)c1ccccc1C(=O)OCCCc1nc(-c2cccnc2)no1. The molecule has 0 aliphatic heterocycles. The first-order valence-electron chi connectivity index (χ1n) is 8.14. The summed E-state index contributed by atoms with van der Waals surface area (Å²) in [4.78, 5) is 20.4. The van der Waals surface area contributed by atoms with Crippen molar-refractivity contribution in [2.45, 2.75) is 17.7 Å². The van der Waals surface area contributed by atoms with Crippen molar-refractivity contribution in [3.8, 4) is 11.4 Å². The van der Waals surface area contributed by atoms with Gasteiger partial charge in [0.2, 0.25) is 11.7 Å². The third-order valence-electron chi connectivity index (χ3n) is 3.66. The number of benzene rings is 1. The average Bonchev–Trinajstić information content (AvgIpc) is 3.14. The Morgan fingerprint density at radius 3 is 2.74 bits per heavy atom. The molecule has 0 amide bonds. The van der Waals surface area contributed by atoms with Crippen molar-refractivity contribution in [2.24, 2.45) is 0 Å². The lowest BCUT2D eigenvalue weighted by Crippen LogP contribution is -2.12. The van der Waals surface area contributed by atoms with Crippen molar-refractivity contribution in [1.82, 2.24) is 15.1 Å². The standard InChI is InChI=1S/C18H17N3O5S/c1-27(23,24)15-8-3-2-7-14(15)18(22)25-11-5-9-16-20-17(21-26-16)13-6-4-10-19-12-13/h2-4,6-8,10,12H,5,9,11H2,1H3. The number of ether oxygens (including phenoxy) is 1. The van der Waals surface area contributed by atoms with Crippen LogP contribution in [-0.4, -0.2) is 42.4 Å². The molecule has 0 aliphatic carbocycles. The van der Waals surface area contributed by atoms with E-state index in [1.54, 1.807) is 30.6 Å². The van der Waals surface area contributed by atoms with Gasteiger partial charge in [0, 0.05) is 30.6 Å². The minimum absolute atomic E-state index is 0.0247. The lowest BCUT2D eigenvalue weighted by Gasteiger charge is -2.07. The first-order chi connectivity index (χ1) is 12.9. The molecule has 0 unspecified atom stereocenters. The molecule has 0 spiro atoms. The van der Waals surface area contributed by atoms with Gasteiger partial charge in [-0.05, 0) is 30.7 Å². The summed E-state index contributed by atoms with van der Waals surface area (Å²) in [5.41, 5.74) is 0.771. The molecule has 140 valence electrons. The quantitative estimate of drug-likeness (QED) is 0.448. The van der Waals surface area contributed by atoms with Crippen LogP contribution in [0.1, 0.15) is 22.7 Å². The molecule has 1 aromatic carbocycles. The van der Waals surface area contributed by atoms with Crippen molar-refractivity contribution in [3.63, 3.8) is 0 Å². The number of pyridine rings is 1. The van der Waals surface area contributed by atoms with Crippen molar-refractivity contribution in [1.29, 1.82) is 0 Å². The summed E-state index contributed by atoms with van der Waals surface area (Å²) in [7, 11) is -3.51. The Morgan fingerprint density at radius 2 is 2.00 bits per heavy atom. The van der Waals surface area contributed by atoms with Crippen molar-refractivity contribution in [2.75, 3.05) is 12.9 Å². The predicted octanol–water partition coefficient (Wildman–Crippen LogP) is 2.32. The van der Waals surface area contributed by atoms with Gasteiger partial charge in [-0.15, -0.1) is 0 Å². The van der Waals surface area contributed by atoms with Gasteiger partial charge < -0.3 is 9.26 Å². The summed E-state index contributed by atoms with van der Waals surface area (Å²) < 4.78 is 33.8. The molecule has 3 aromatic rings. The fourth-order valence-electron chi connectivity index (χ4n) is 2.39. The summed E-state index contributed by atoms with van der Waals surface area (Å²) in [5, 5.41) is 3.89. The molecular weight excluding hydrogens is 370 g/mol. The van der Waals surface area contributed by atoms with Gasteiger partial charge in [-0.2, -0.15) is 4.98 Å². The van der Waals surface area contributed by atoms with Crippen LogP contribution in [0.25, 0.3) is 11.4 Å². The average molecular weight is 387 g/mol. The van der Waals surface area contributed by atoms with Crippen LogP contribution in [0.3, 0.4) is 0 Å². The van der Waals surface area contributed by atoms with Crippen LogP contribution in [0, 0.1) is 0 Å². The van der Waals surface area contributed by atoms with Gasteiger partial charge in [0.05, 0.1) is 17.1 Å². The number of nitrogens with zero attached hydrogens (tertiary/aromatic N) is 3. The Labute approximate surface area is 156 Å². The largest absolute Gasteiger partial charge is 0.462 e. The maximum absolute atomic E-state index is 12.2. The zero-order valence-electron chi connectivity index (χ0n) is 14.5. The number of esters is 1. The maximum atomic E-state index is 12.2. The summed E-state index contributed by atoms with van der Waals surface area (Å²) in [6, 6.07) is 9.55. The monoisotopic (exact) mass is 387 g/mol. The molecule has 0 saturated carbocycles. The fourth-order valence-corrected chi connectivity index (χ4v) is 3.27. The molecule has 8 nitrogen and oxygen atoms in total. The zero-order valence-corrected chi connectivity index (χ0v) is 15.3. The highest BCUT2D eigenvalue weighted by Crippen LogP contribution is 2.17. The number of aromatic nitrogens is 3. The lowest BCUT2D eigenvalue weighted by atomic mass is 10.2. The van der Waals surface area contributed by atoms with E-state index in [-0.39, 0.29) is 17.1 Å². The van der Waals surface area contributed by atoms with Gasteiger partial charge in [-0.1, -0.05) is 17.3 Å². The van der Waals surface area contributed by atoms with Gasteiger partial charge in [-0.25, -0.2) is 13.2 Å². The highest BCUT2D eigenvalue weighted by atomic mass is 32.2. The fraction of sp³-hybridized carbons (Fsp3) is 0.222. The van der Waals surface area contributed by atoms with Gasteiger partial charge in [-0.3, -0.25) is 4.98 Å². The van der Waals surface area contributed by atoms with Gasteiger partial charge >= 0.3 is 5.97 Å². The van der Waals surface area contributed by atoms with Gasteiger partial charge in [0.15, 0.2) is 9.84 Å².